The van der Waals surface area contributed by atoms with Crippen LogP contribution in [0.2, 0.25) is 0 Å². The zero-order valence-electron chi connectivity index (χ0n) is 14.3. The lowest BCUT2D eigenvalue weighted by atomic mass is 10.0. The number of benzene rings is 1. The van der Waals surface area contributed by atoms with Gasteiger partial charge in [0.15, 0.2) is 0 Å². The highest BCUT2D eigenvalue weighted by atomic mass is 32.2. The van der Waals surface area contributed by atoms with E-state index in [-0.39, 0.29) is 11.8 Å². The van der Waals surface area contributed by atoms with E-state index in [0.29, 0.717) is 13.0 Å². The highest BCUT2D eigenvalue weighted by molar-refractivity contribution is 7.98. The summed E-state index contributed by atoms with van der Waals surface area (Å²) in [5.41, 5.74) is 3.07. The summed E-state index contributed by atoms with van der Waals surface area (Å²) in [6.45, 7) is 3.86. The predicted octanol–water partition coefficient (Wildman–Crippen LogP) is 2.42. The summed E-state index contributed by atoms with van der Waals surface area (Å²) in [4.78, 5) is 28.1. The third-order valence-corrected chi connectivity index (χ3v) is 4.46. The minimum atomic E-state index is -0.496. The molecule has 0 bridgehead atoms. The number of nitrogens with one attached hydrogen (secondary N) is 2. The van der Waals surface area contributed by atoms with E-state index in [2.05, 4.69) is 15.6 Å². The Hall–Kier alpha value is -2.08. The zero-order chi connectivity index (χ0) is 17.5. The standard InChI is InChI=1S/C18H23N3O2S/c1-12-6-7-14(15-5-4-9-19-17(12)15)11-20-18(23)16(8-10-24-3)21-13(2)22/h4-7,9,16H,8,10-11H2,1-3H3,(H,20,23)(H,21,22)/t16-/m0/s1. The van der Waals surface area contributed by atoms with Crippen molar-refractivity contribution in [2.24, 2.45) is 0 Å². The Morgan fingerprint density at radius 3 is 2.79 bits per heavy atom. The van der Waals surface area contributed by atoms with Crippen molar-refractivity contribution < 1.29 is 9.59 Å². The number of hydrogen-bond donors (Lipinski definition) is 2. The van der Waals surface area contributed by atoms with Crippen molar-refractivity contribution in [1.82, 2.24) is 15.6 Å². The van der Waals surface area contributed by atoms with Crippen molar-refractivity contribution in [1.29, 1.82) is 0 Å². The molecular formula is C18H23N3O2S. The van der Waals surface area contributed by atoms with E-state index in [0.717, 1.165) is 27.8 Å². The maximum atomic E-state index is 12.4. The SMILES string of the molecule is CSCC[C@H](NC(C)=O)C(=O)NCc1ccc(C)c2ncccc12. The minimum absolute atomic E-state index is 0.156. The van der Waals surface area contributed by atoms with Gasteiger partial charge >= 0.3 is 0 Å². The second kappa shape index (κ2) is 8.68. The molecule has 128 valence electrons. The Kier molecular flexibility index (Phi) is 6.61. The number of fused-ring (bicyclic) bond motifs is 1. The molecule has 6 heteroatoms. The van der Waals surface area contributed by atoms with Gasteiger partial charge in [-0.05, 0) is 42.5 Å². The van der Waals surface area contributed by atoms with Gasteiger partial charge in [-0.1, -0.05) is 18.2 Å². The molecule has 2 rings (SSSR count). The molecular weight excluding hydrogens is 322 g/mol. The average Bonchev–Trinajstić information content (AvgIpc) is 2.57. The lowest BCUT2D eigenvalue weighted by molar-refractivity contribution is -0.128. The number of pyridine rings is 1. The Bertz CT molecular complexity index is 733. The topological polar surface area (TPSA) is 71.1 Å². The first-order valence-electron chi connectivity index (χ1n) is 7.90. The molecule has 0 saturated heterocycles. The van der Waals surface area contributed by atoms with Gasteiger partial charge < -0.3 is 10.6 Å². The van der Waals surface area contributed by atoms with Crippen LogP contribution in [-0.4, -0.2) is 34.8 Å². The number of aromatic nitrogens is 1. The van der Waals surface area contributed by atoms with Crippen molar-refractivity contribution in [2.75, 3.05) is 12.0 Å². The first-order chi connectivity index (χ1) is 11.5. The van der Waals surface area contributed by atoms with Crippen molar-refractivity contribution in [2.45, 2.75) is 32.9 Å². The molecule has 2 N–H and O–H groups in total. The fourth-order valence-electron chi connectivity index (χ4n) is 2.58. The minimum Gasteiger partial charge on any atom is -0.350 e. The number of rotatable bonds is 7. The van der Waals surface area contributed by atoms with Gasteiger partial charge in [-0.15, -0.1) is 0 Å². The number of aryl methyl sites for hydroxylation is 1. The predicted molar refractivity (Wildman–Crippen MR) is 98.9 cm³/mol. The second-order valence-electron chi connectivity index (χ2n) is 5.69. The zero-order valence-corrected chi connectivity index (χ0v) is 15.1. The fraction of sp³-hybridized carbons (Fsp3) is 0.389. The van der Waals surface area contributed by atoms with E-state index in [1.807, 2.05) is 37.4 Å². The molecule has 1 aromatic heterocycles. The normalized spacial score (nSPS) is 12.0. The lowest BCUT2D eigenvalue weighted by Gasteiger charge is -2.17. The van der Waals surface area contributed by atoms with Gasteiger partial charge in [0.05, 0.1) is 5.52 Å². The molecule has 1 atom stereocenters. The van der Waals surface area contributed by atoms with Crippen LogP contribution < -0.4 is 10.6 Å². The van der Waals surface area contributed by atoms with Gasteiger partial charge in [-0.3, -0.25) is 14.6 Å². The molecule has 1 aromatic carbocycles. The summed E-state index contributed by atoms with van der Waals surface area (Å²) in [6, 6.07) is 7.43. The molecule has 2 aromatic rings. The highest BCUT2D eigenvalue weighted by Gasteiger charge is 2.18. The molecule has 0 aliphatic heterocycles. The van der Waals surface area contributed by atoms with Crippen molar-refractivity contribution in [3.05, 3.63) is 41.6 Å². The van der Waals surface area contributed by atoms with Gasteiger partial charge in [-0.25, -0.2) is 0 Å². The van der Waals surface area contributed by atoms with Crippen LogP contribution in [0.15, 0.2) is 30.5 Å². The lowest BCUT2D eigenvalue weighted by Crippen LogP contribution is -2.46. The van der Waals surface area contributed by atoms with E-state index in [1.165, 1.54) is 6.92 Å². The van der Waals surface area contributed by atoms with Crippen LogP contribution in [0, 0.1) is 6.92 Å². The van der Waals surface area contributed by atoms with Crippen LogP contribution in [0.4, 0.5) is 0 Å². The van der Waals surface area contributed by atoms with Crippen LogP contribution in [0.5, 0.6) is 0 Å². The molecule has 0 aliphatic carbocycles. The summed E-state index contributed by atoms with van der Waals surface area (Å²) < 4.78 is 0. The highest BCUT2D eigenvalue weighted by Crippen LogP contribution is 2.20. The molecule has 2 amide bonds. The van der Waals surface area contributed by atoms with Gasteiger partial charge in [-0.2, -0.15) is 11.8 Å². The number of amides is 2. The summed E-state index contributed by atoms with van der Waals surface area (Å²) in [5, 5.41) is 6.69. The number of carbonyl (C=O) groups excluding carboxylic acids is 2. The fourth-order valence-corrected chi connectivity index (χ4v) is 3.05. The van der Waals surface area contributed by atoms with Crippen LogP contribution in [-0.2, 0) is 16.1 Å². The van der Waals surface area contributed by atoms with Gasteiger partial charge in [0.2, 0.25) is 11.8 Å². The maximum absolute atomic E-state index is 12.4. The van der Waals surface area contributed by atoms with Gasteiger partial charge in [0.1, 0.15) is 6.04 Å². The Labute approximate surface area is 146 Å². The third-order valence-electron chi connectivity index (χ3n) is 3.82. The van der Waals surface area contributed by atoms with Crippen molar-refractivity contribution in [3.8, 4) is 0 Å². The largest absolute Gasteiger partial charge is 0.350 e. The van der Waals surface area contributed by atoms with E-state index in [1.54, 1.807) is 18.0 Å². The summed E-state index contributed by atoms with van der Waals surface area (Å²) in [7, 11) is 0. The van der Waals surface area contributed by atoms with Gasteiger partial charge in [0.25, 0.3) is 0 Å². The average molecular weight is 345 g/mol. The Morgan fingerprint density at radius 1 is 1.29 bits per heavy atom. The second-order valence-corrected chi connectivity index (χ2v) is 6.68. The monoisotopic (exact) mass is 345 g/mol. The summed E-state index contributed by atoms with van der Waals surface area (Å²) in [5.74, 6) is 0.466. The number of thioether (sulfide) groups is 1. The molecule has 1 heterocycles. The van der Waals surface area contributed by atoms with Crippen LogP contribution in [0.3, 0.4) is 0 Å². The first kappa shape index (κ1) is 18.3. The molecule has 24 heavy (non-hydrogen) atoms. The molecule has 0 aliphatic rings. The molecule has 0 fully saturated rings. The van der Waals surface area contributed by atoms with E-state index in [9.17, 15) is 9.59 Å². The van der Waals surface area contributed by atoms with Crippen molar-refractivity contribution >= 4 is 34.5 Å². The Balaban J connectivity index is 2.10. The van der Waals surface area contributed by atoms with Crippen LogP contribution in [0.1, 0.15) is 24.5 Å². The quantitative estimate of drug-likeness (QED) is 0.808. The summed E-state index contributed by atoms with van der Waals surface area (Å²) >= 11 is 1.65. The number of nitrogens with zero attached hydrogens (tertiary/aromatic N) is 1. The van der Waals surface area contributed by atoms with Crippen LogP contribution >= 0.6 is 11.8 Å². The number of carbonyl (C=O) groups is 2. The maximum Gasteiger partial charge on any atom is 0.242 e. The number of hydrogen-bond acceptors (Lipinski definition) is 4. The van der Waals surface area contributed by atoms with Crippen LogP contribution in [0.25, 0.3) is 10.9 Å². The first-order valence-corrected chi connectivity index (χ1v) is 9.29. The van der Waals surface area contributed by atoms with Gasteiger partial charge in [0, 0.05) is 25.1 Å². The van der Waals surface area contributed by atoms with E-state index < -0.39 is 6.04 Å². The van der Waals surface area contributed by atoms with E-state index >= 15 is 0 Å². The van der Waals surface area contributed by atoms with Crippen molar-refractivity contribution in [3.63, 3.8) is 0 Å². The molecule has 5 nitrogen and oxygen atoms in total. The molecule has 0 unspecified atom stereocenters. The molecule has 0 saturated carbocycles. The Morgan fingerprint density at radius 2 is 2.08 bits per heavy atom. The van der Waals surface area contributed by atoms with E-state index in [4.69, 9.17) is 0 Å². The molecule has 0 spiro atoms. The summed E-state index contributed by atoms with van der Waals surface area (Å²) in [6.07, 6.45) is 4.36. The third kappa shape index (κ3) is 4.71. The smallest absolute Gasteiger partial charge is 0.242 e. The molecule has 0 radical (unpaired) electrons.